The van der Waals surface area contributed by atoms with E-state index in [0.29, 0.717) is 18.7 Å². The first-order valence-electron chi connectivity index (χ1n) is 4.54. The Morgan fingerprint density at radius 1 is 1.69 bits per heavy atom. The number of aliphatic hydroxyl groups is 1. The lowest BCUT2D eigenvalue weighted by molar-refractivity contribution is -0.130. The van der Waals surface area contributed by atoms with Crippen LogP contribution >= 0.6 is 11.8 Å². The SMILES string of the molecule is CSCC(C)(O)CN1CCCC1=O. The Bertz CT molecular complexity index is 194. The predicted molar refractivity (Wildman–Crippen MR) is 54.8 cm³/mol. The van der Waals surface area contributed by atoms with Gasteiger partial charge < -0.3 is 10.0 Å². The van der Waals surface area contributed by atoms with Crippen LogP contribution in [0.5, 0.6) is 0 Å². The summed E-state index contributed by atoms with van der Waals surface area (Å²) < 4.78 is 0. The Labute approximate surface area is 83.5 Å². The summed E-state index contributed by atoms with van der Waals surface area (Å²) >= 11 is 1.61. The van der Waals surface area contributed by atoms with Gasteiger partial charge in [0.05, 0.1) is 5.60 Å². The number of hydrogen-bond acceptors (Lipinski definition) is 3. The van der Waals surface area contributed by atoms with Crippen LogP contribution < -0.4 is 0 Å². The molecule has 3 nitrogen and oxygen atoms in total. The quantitative estimate of drug-likeness (QED) is 0.732. The highest BCUT2D eigenvalue weighted by Crippen LogP contribution is 2.17. The van der Waals surface area contributed by atoms with Crippen LogP contribution in [0.2, 0.25) is 0 Å². The van der Waals surface area contributed by atoms with Crippen LogP contribution in [0.4, 0.5) is 0 Å². The number of likely N-dealkylation sites (tertiary alicyclic amines) is 1. The number of thioether (sulfide) groups is 1. The highest BCUT2D eigenvalue weighted by molar-refractivity contribution is 7.98. The van der Waals surface area contributed by atoms with Gasteiger partial charge in [0.1, 0.15) is 0 Å². The van der Waals surface area contributed by atoms with E-state index in [9.17, 15) is 9.90 Å². The number of β-amino-alcohol motifs (C(OH)–C–C–N with tert-alkyl or cyclic N) is 1. The zero-order valence-corrected chi connectivity index (χ0v) is 9.06. The number of nitrogens with zero attached hydrogens (tertiary/aromatic N) is 1. The van der Waals surface area contributed by atoms with E-state index in [0.717, 1.165) is 13.0 Å². The maximum Gasteiger partial charge on any atom is 0.222 e. The maximum absolute atomic E-state index is 11.3. The first kappa shape index (κ1) is 10.9. The molecule has 1 heterocycles. The predicted octanol–water partition coefficient (Wildman–Crippen LogP) is 0.723. The van der Waals surface area contributed by atoms with Crippen molar-refractivity contribution >= 4 is 17.7 Å². The van der Waals surface area contributed by atoms with Crippen molar-refractivity contribution in [3.63, 3.8) is 0 Å². The van der Waals surface area contributed by atoms with Crippen LogP contribution in [0.1, 0.15) is 19.8 Å². The van der Waals surface area contributed by atoms with E-state index in [1.54, 1.807) is 23.6 Å². The van der Waals surface area contributed by atoms with Gasteiger partial charge in [-0.05, 0) is 19.6 Å². The Kier molecular flexibility index (Phi) is 3.62. The highest BCUT2D eigenvalue weighted by Gasteiger charge is 2.28. The molecule has 0 saturated carbocycles. The summed E-state index contributed by atoms with van der Waals surface area (Å²) in [6.45, 7) is 3.07. The summed E-state index contributed by atoms with van der Waals surface area (Å²) in [5, 5.41) is 9.88. The van der Waals surface area contributed by atoms with E-state index in [1.165, 1.54) is 0 Å². The molecule has 0 aromatic rings. The van der Waals surface area contributed by atoms with Crippen molar-refractivity contribution in [1.82, 2.24) is 4.90 Å². The van der Waals surface area contributed by atoms with Crippen LogP contribution in [0.3, 0.4) is 0 Å². The van der Waals surface area contributed by atoms with E-state index >= 15 is 0 Å². The number of hydrogen-bond donors (Lipinski definition) is 1. The number of rotatable bonds is 4. The number of carbonyl (C=O) groups is 1. The van der Waals surface area contributed by atoms with Crippen LogP contribution in [0.15, 0.2) is 0 Å². The third kappa shape index (κ3) is 3.19. The smallest absolute Gasteiger partial charge is 0.222 e. The molecular weight excluding hydrogens is 186 g/mol. The average molecular weight is 203 g/mol. The summed E-state index contributed by atoms with van der Waals surface area (Å²) in [6.07, 6.45) is 3.55. The summed E-state index contributed by atoms with van der Waals surface area (Å²) in [4.78, 5) is 13.0. The van der Waals surface area contributed by atoms with Gasteiger partial charge in [-0.15, -0.1) is 0 Å². The third-order valence-electron chi connectivity index (χ3n) is 2.16. The van der Waals surface area contributed by atoms with Gasteiger partial charge >= 0.3 is 0 Å². The molecule has 0 aliphatic carbocycles. The molecule has 1 aliphatic rings. The van der Waals surface area contributed by atoms with Crippen molar-refractivity contribution in [3.8, 4) is 0 Å². The van der Waals surface area contributed by atoms with Crippen LogP contribution in [0, 0.1) is 0 Å². The fourth-order valence-electron chi connectivity index (χ4n) is 1.64. The molecule has 1 amide bonds. The number of amides is 1. The molecule has 1 unspecified atom stereocenters. The van der Waals surface area contributed by atoms with Gasteiger partial charge in [0.2, 0.25) is 5.91 Å². The topological polar surface area (TPSA) is 40.5 Å². The molecule has 0 radical (unpaired) electrons. The lowest BCUT2D eigenvalue weighted by atomic mass is 10.1. The molecule has 0 aromatic heterocycles. The molecule has 0 aromatic carbocycles. The molecule has 1 N–H and O–H groups in total. The molecule has 1 atom stereocenters. The molecule has 1 saturated heterocycles. The van der Waals surface area contributed by atoms with Gasteiger partial charge in [0.25, 0.3) is 0 Å². The van der Waals surface area contributed by atoms with Crippen molar-refractivity contribution < 1.29 is 9.90 Å². The Balaban J connectivity index is 2.42. The molecule has 76 valence electrons. The minimum absolute atomic E-state index is 0.182. The van der Waals surface area contributed by atoms with Crippen LogP contribution in [-0.4, -0.2) is 46.6 Å². The molecule has 4 heteroatoms. The van der Waals surface area contributed by atoms with E-state index in [1.807, 2.05) is 6.26 Å². The van der Waals surface area contributed by atoms with Crippen molar-refractivity contribution in [2.45, 2.75) is 25.4 Å². The second-order valence-electron chi connectivity index (χ2n) is 3.85. The highest BCUT2D eigenvalue weighted by atomic mass is 32.2. The average Bonchev–Trinajstić information content (AvgIpc) is 2.35. The largest absolute Gasteiger partial charge is 0.387 e. The van der Waals surface area contributed by atoms with Gasteiger partial charge in [-0.1, -0.05) is 0 Å². The second-order valence-corrected chi connectivity index (χ2v) is 4.71. The van der Waals surface area contributed by atoms with E-state index in [4.69, 9.17) is 0 Å². The second kappa shape index (κ2) is 4.33. The molecular formula is C9H17NO2S. The molecule has 1 rings (SSSR count). The fraction of sp³-hybridized carbons (Fsp3) is 0.889. The van der Waals surface area contributed by atoms with Gasteiger partial charge in [-0.2, -0.15) is 11.8 Å². The molecule has 1 aliphatic heterocycles. The lowest BCUT2D eigenvalue weighted by Gasteiger charge is -2.28. The third-order valence-corrected chi connectivity index (χ3v) is 3.07. The van der Waals surface area contributed by atoms with Gasteiger partial charge in [0, 0.05) is 25.3 Å². The summed E-state index contributed by atoms with van der Waals surface area (Å²) in [5.74, 6) is 0.859. The van der Waals surface area contributed by atoms with Crippen molar-refractivity contribution in [3.05, 3.63) is 0 Å². The zero-order chi connectivity index (χ0) is 9.90. The normalized spacial score (nSPS) is 22.1. The van der Waals surface area contributed by atoms with E-state index in [-0.39, 0.29) is 5.91 Å². The molecule has 13 heavy (non-hydrogen) atoms. The van der Waals surface area contributed by atoms with Crippen LogP contribution in [0.25, 0.3) is 0 Å². The Hall–Kier alpha value is -0.220. The molecule has 0 bridgehead atoms. The van der Waals surface area contributed by atoms with Crippen LogP contribution in [-0.2, 0) is 4.79 Å². The fourth-order valence-corrected chi connectivity index (χ4v) is 2.35. The number of carbonyl (C=O) groups excluding carboxylic acids is 1. The lowest BCUT2D eigenvalue weighted by Crippen LogP contribution is -2.43. The van der Waals surface area contributed by atoms with E-state index < -0.39 is 5.60 Å². The van der Waals surface area contributed by atoms with Crippen molar-refractivity contribution in [1.29, 1.82) is 0 Å². The summed E-state index contributed by atoms with van der Waals surface area (Å²) in [6, 6.07) is 0. The minimum atomic E-state index is -0.737. The van der Waals surface area contributed by atoms with Gasteiger partial charge in [-0.25, -0.2) is 0 Å². The zero-order valence-electron chi connectivity index (χ0n) is 8.25. The maximum atomic E-state index is 11.3. The summed E-state index contributed by atoms with van der Waals surface area (Å²) in [7, 11) is 0. The molecule has 0 spiro atoms. The monoisotopic (exact) mass is 203 g/mol. The Morgan fingerprint density at radius 3 is 2.85 bits per heavy atom. The van der Waals surface area contributed by atoms with Gasteiger partial charge in [-0.3, -0.25) is 4.79 Å². The van der Waals surface area contributed by atoms with Crippen molar-refractivity contribution in [2.75, 3.05) is 25.1 Å². The molecule has 1 fully saturated rings. The van der Waals surface area contributed by atoms with Crippen molar-refractivity contribution in [2.24, 2.45) is 0 Å². The van der Waals surface area contributed by atoms with Gasteiger partial charge in [0.15, 0.2) is 0 Å². The first-order valence-corrected chi connectivity index (χ1v) is 5.94. The Morgan fingerprint density at radius 2 is 2.38 bits per heavy atom. The standard InChI is InChI=1S/C9H17NO2S/c1-9(12,7-13-2)6-10-5-3-4-8(10)11/h12H,3-7H2,1-2H3. The minimum Gasteiger partial charge on any atom is -0.387 e. The summed E-state index contributed by atoms with van der Waals surface area (Å²) in [5.41, 5.74) is -0.737. The first-order chi connectivity index (χ1) is 6.05. The van der Waals surface area contributed by atoms with E-state index in [2.05, 4.69) is 0 Å².